The summed E-state index contributed by atoms with van der Waals surface area (Å²) in [5.41, 5.74) is 4.16. The maximum absolute atomic E-state index is 12.1. The van der Waals surface area contributed by atoms with E-state index in [1.165, 1.54) is 11.1 Å². The fraction of sp³-hybridized carbons (Fsp3) is 0.267. The Labute approximate surface area is 112 Å². The summed E-state index contributed by atoms with van der Waals surface area (Å²) in [5.74, 6) is -0.0729. The van der Waals surface area contributed by atoms with Crippen LogP contribution in [0.5, 0.6) is 0 Å². The molecule has 0 fully saturated rings. The number of nitrogens with one attached hydrogen (secondary N) is 2. The van der Waals surface area contributed by atoms with Crippen LogP contribution < -0.4 is 10.6 Å². The number of benzene rings is 1. The van der Waals surface area contributed by atoms with Crippen LogP contribution in [0.3, 0.4) is 0 Å². The average Bonchev–Trinajstić information content (AvgIpc) is 2.85. The first-order chi connectivity index (χ1) is 9.24. The van der Waals surface area contributed by atoms with E-state index >= 15 is 0 Å². The third kappa shape index (κ3) is 2.39. The zero-order valence-electron chi connectivity index (χ0n) is 10.9. The van der Waals surface area contributed by atoms with Gasteiger partial charge in [-0.2, -0.15) is 0 Å². The van der Waals surface area contributed by atoms with Crippen molar-refractivity contribution in [3.63, 3.8) is 0 Å². The smallest absolute Gasteiger partial charge is 0.272 e. The predicted octanol–water partition coefficient (Wildman–Crippen LogP) is 1.92. The summed E-state index contributed by atoms with van der Waals surface area (Å²) in [7, 11) is 1.87. The fourth-order valence-electron chi connectivity index (χ4n) is 2.45. The molecule has 0 aliphatic carbocycles. The van der Waals surface area contributed by atoms with Crippen molar-refractivity contribution in [3.05, 3.63) is 53.3 Å². The minimum atomic E-state index is -0.0729. The highest BCUT2D eigenvalue weighted by molar-refractivity contribution is 6.03. The molecule has 0 bridgehead atoms. The molecule has 1 aromatic carbocycles. The van der Waals surface area contributed by atoms with Crippen molar-refractivity contribution in [2.75, 3.05) is 11.9 Å². The molecule has 98 valence electrons. The highest BCUT2D eigenvalue weighted by Gasteiger charge is 2.12. The first kappa shape index (κ1) is 12.0. The van der Waals surface area contributed by atoms with Gasteiger partial charge in [0, 0.05) is 25.5 Å². The van der Waals surface area contributed by atoms with Gasteiger partial charge in [-0.25, -0.2) is 0 Å². The summed E-state index contributed by atoms with van der Waals surface area (Å²) in [5, 5.41) is 6.29. The first-order valence-electron chi connectivity index (χ1n) is 6.49. The number of carbonyl (C=O) groups excluding carboxylic acids is 1. The molecule has 2 aromatic rings. The number of amides is 1. The van der Waals surface area contributed by atoms with Crippen LogP contribution in [0.2, 0.25) is 0 Å². The lowest BCUT2D eigenvalue weighted by atomic mass is 10.0. The number of fused-ring (bicyclic) bond motifs is 1. The second-order valence-corrected chi connectivity index (χ2v) is 4.87. The Balaban J connectivity index is 1.80. The van der Waals surface area contributed by atoms with E-state index in [2.05, 4.69) is 22.8 Å². The number of carbonyl (C=O) groups is 1. The molecule has 0 saturated carbocycles. The van der Waals surface area contributed by atoms with Crippen LogP contribution in [-0.2, 0) is 20.0 Å². The largest absolute Gasteiger partial charge is 0.347 e. The highest BCUT2D eigenvalue weighted by atomic mass is 16.1. The standard InChI is InChI=1S/C15H17N3O/c1-18-8-2-3-14(18)15(19)17-13-5-4-11-6-7-16-10-12(11)9-13/h2-5,8-9,16H,6-7,10H2,1H3,(H,17,19). The molecule has 2 N–H and O–H groups in total. The van der Waals surface area contributed by atoms with Crippen molar-refractivity contribution >= 4 is 11.6 Å². The Bertz CT molecular complexity index is 616. The van der Waals surface area contributed by atoms with E-state index in [1.54, 1.807) is 0 Å². The van der Waals surface area contributed by atoms with E-state index in [0.717, 1.165) is 25.2 Å². The molecule has 1 aliphatic rings. The molecule has 0 saturated heterocycles. The molecule has 4 nitrogen and oxygen atoms in total. The molecule has 19 heavy (non-hydrogen) atoms. The Morgan fingerprint density at radius 3 is 3.00 bits per heavy atom. The van der Waals surface area contributed by atoms with E-state index in [0.29, 0.717) is 5.69 Å². The highest BCUT2D eigenvalue weighted by Crippen LogP contribution is 2.19. The zero-order chi connectivity index (χ0) is 13.2. The Kier molecular flexibility index (Phi) is 3.09. The van der Waals surface area contributed by atoms with Crippen LogP contribution in [0.1, 0.15) is 21.6 Å². The van der Waals surface area contributed by atoms with E-state index in [4.69, 9.17) is 0 Å². The number of hydrogen-bond donors (Lipinski definition) is 2. The molecule has 1 aliphatic heterocycles. The molecule has 1 amide bonds. The number of hydrogen-bond acceptors (Lipinski definition) is 2. The van der Waals surface area contributed by atoms with Crippen LogP contribution in [0.25, 0.3) is 0 Å². The third-order valence-electron chi connectivity index (χ3n) is 3.53. The van der Waals surface area contributed by atoms with Crippen LogP contribution in [-0.4, -0.2) is 17.0 Å². The number of aryl methyl sites for hydroxylation is 1. The van der Waals surface area contributed by atoms with E-state index in [-0.39, 0.29) is 5.91 Å². The lowest BCUT2D eigenvalue weighted by Gasteiger charge is -2.18. The molecular weight excluding hydrogens is 238 g/mol. The summed E-state index contributed by atoms with van der Waals surface area (Å²) in [6, 6.07) is 9.82. The summed E-state index contributed by atoms with van der Waals surface area (Å²) < 4.78 is 1.81. The quantitative estimate of drug-likeness (QED) is 0.861. The van der Waals surface area contributed by atoms with Crippen molar-refractivity contribution < 1.29 is 4.79 Å². The van der Waals surface area contributed by atoms with Gasteiger partial charge in [0.2, 0.25) is 0 Å². The minimum Gasteiger partial charge on any atom is -0.347 e. The monoisotopic (exact) mass is 255 g/mol. The Morgan fingerprint density at radius 2 is 2.21 bits per heavy atom. The molecule has 0 spiro atoms. The average molecular weight is 255 g/mol. The molecule has 4 heteroatoms. The van der Waals surface area contributed by atoms with Crippen molar-refractivity contribution in [1.82, 2.24) is 9.88 Å². The van der Waals surface area contributed by atoms with Crippen LogP contribution in [0, 0.1) is 0 Å². The van der Waals surface area contributed by atoms with Crippen LogP contribution in [0.15, 0.2) is 36.5 Å². The predicted molar refractivity (Wildman–Crippen MR) is 75.2 cm³/mol. The van der Waals surface area contributed by atoms with E-state index in [9.17, 15) is 4.79 Å². The second-order valence-electron chi connectivity index (χ2n) is 4.87. The van der Waals surface area contributed by atoms with Gasteiger partial charge in [-0.05, 0) is 48.4 Å². The van der Waals surface area contributed by atoms with Gasteiger partial charge in [0.15, 0.2) is 0 Å². The van der Waals surface area contributed by atoms with Gasteiger partial charge in [-0.3, -0.25) is 4.79 Å². The fourth-order valence-corrected chi connectivity index (χ4v) is 2.45. The summed E-state index contributed by atoms with van der Waals surface area (Å²) >= 11 is 0. The molecule has 1 aromatic heterocycles. The first-order valence-corrected chi connectivity index (χ1v) is 6.49. The van der Waals surface area contributed by atoms with Gasteiger partial charge < -0.3 is 15.2 Å². The number of rotatable bonds is 2. The molecular formula is C15H17N3O. The minimum absolute atomic E-state index is 0.0729. The topological polar surface area (TPSA) is 46.1 Å². The van der Waals surface area contributed by atoms with E-state index < -0.39 is 0 Å². The SMILES string of the molecule is Cn1cccc1C(=O)Nc1ccc2c(c1)CNCC2. The lowest BCUT2D eigenvalue weighted by molar-refractivity contribution is 0.101. The Morgan fingerprint density at radius 1 is 1.32 bits per heavy atom. The number of anilines is 1. The second kappa shape index (κ2) is 4.90. The number of aromatic nitrogens is 1. The van der Waals surface area contributed by atoms with Crippen molar-refractivity contribution in [2.24, 2.45) is 7.05 Å². The Hall–Kier alpha value is -2.07. The van der Waals surface area contributed by atoms with Crippen molar-refractivity contribution in [3.8, 4) is 0 Å². The van der Waals surface area contributed by atoms with Crippen molar-refractivity contribution in [1.29, 1.82) is 0 Å². The van der Waals surface area contributed by atoms with E-state index in [1.807, 2.05) is 36.0 Å². The normalized spacial score (nSPS) is 13.9. The van der Waals surface area contributed by atoms with Crippen LogP contribution in [0.4, 0.5) is 5.69 Å². The summed E-state index contributed by atoms with van der Waals surface area (Å²) in [6.07, 6.45) is 2.92. The lowest BCUT2D eigenvalue weighted by Crippen LogP contribution is -2.24. The van der Waals surface area contributed by atoms with Gasteiger partial charge >= 0.3 is 0 Å². The summed E-state index contributed by atoms with van der Waals surface area (Å²) in [4.78, 5) is 12.1. The van der Waals surface area contributed by atoms with Gasteiger partial charge in [0.1, 0.15) is 5.69 Å². The maximum Gasteiger partial charge on any atom is 0.272 e. The van der Waals surface area contributed by atoms with Gasteiger partial charge in [-0.1, -0.05) is 6.07 Å². The van der Waals surface area contributed by atoms with Gasteiger partial charge in [-0.15, -0.1) is 0 Å². The molecule has 3 rings (SSSR count). The van der Waals surface area contributed by atoms with Gasteiger partial charge in [0.25, 0.3) is 5.91 Å². The molecule has 0 atom stereocenters. The third-order valence-corrected chi connectivity index (χ3v) is 3.53. The molecule has 2 heterocycles. The molecule has 0 unspecified atom stereocenters. The van der Waals surface area contributed by atoms with Gasteiger partial charge in [0.05, 0.1) is 0 Å². The van der Waals surface area contributed by atoms with Crippen molar-refractivity contribution in [2.45, 2.75) is 13.0 Å². The molecule has 0 radical (unpaired) electrons. The number of nitrogens with zero attached hydrogens (tertiary/aromatic N) is 1. The maximum atomic E-state index is 12.1. The van der Waals surface area contributed by atoms with Crippen LogP contribution >= 0.6 is 0 Å². The zero-order valence-corrected chi connectivity index (χ0v) is 10.9. The summed E-state index contributed by atoms with van der Waals surface area (Å²) in [6.45, 7) is 1.91.